The number of hydrogen-bond acceptors (Lipinski definition) is 5. The smallest absolute Gasteiger partial charge is 0.141 e. The van der Waals surface area contributed by atoms with Gasteiger partial charge in [-0.15, -0.1) is 0 Å². The number of hydrogen-bond donors (Lipinski definition) is 3. The number of Topliss-reactive ketones (excluding diaryl/α,β-unsaturated/α-hetero) is 1. The number of carbonyl (C=O) groups excluding carboxylic acids is 1. The summed E-state index contributed by atoms with van der Waals surface area (Å²) >= 11 is 3.80. The predicted octanol–water partition coefficient (Wildman–Crippen LogP) is 7.24. The molecule has 3 aromatic rings. The fraction of sp³-hybridized carbons (Fsp3) is 0.469. The molecule has 2 unspecified atom stereocenters. The second-order valence-electron chi connectivity index (χ2n) is 11.6. The minimum absolute atomic E-state index is 0.173. The van der Waals surface area contributed by atoms with E-state index in [1.807, 2.05) is 33.2 Å². The quantitative estimate of drug-likeness (QED) is 0.245. The van der Waals surface area contributed by atoms with E-state index in [0.29, 0.717) is 30.4 Å². The van der Waals surface area contributed by atoms with Crippen molar-refractivity contribution in [2.75, 3.05) is 14.1 Å². The molecular formula is C32H41N3O2S. The first-order chi connectivity index (χ1) is 18.2. The molecule has 0 radical (unpaired) electrons. The molecule has 2 aromatic carbocycles. The second-order valence-corrected chi connectivity index (χ2v) is 12.4. The van der Waals surface area contributed by atoms with Crippen molar-refractivity contribution in [3.63, 3.8) is 0 Å². The van der Waals surface area contributed by atoms with Crippen LogP contribution in [0.15, 0.2) is 43.0 Å². The minimum atomic E-state index is -0.384. The Morgan fingerprint density at radius 1 is 1.16 bits per heavy atom. The largest absolute Gasteiger partial charge is 0.508 e. The Morgan fingerprint density at radius 3 is 2.47 bits per heavy atom. The van der Waals surface area contributed by atoms with E-state index < -0.39 is 0 Å². The molecule has 202 valence electrons. The summed E-state index contributed by atoms with van der Waals surface area (Å²) in [7, 11) is 3.73. The van der Waals surface area contributed by atoms with Crippen LogP contribution >= 0.6 is 12.8 Å². The molecule has 5 nitrogen and oxygen atoms in total. The highest BCUT2D eigenvalue weighted by atomic mass is 32.1. The number of benzene rings is 2. The molecule has 2 atom stereocenters. The van der Waals surface area contributed by atoms with Gasteiger partial charge in [0.05, 0.1) is 11.1 Å². The number of aromatic hydroxyl groups is 1. The number of aromatic nitrogens is 1. The van der Waals surface area contributed by atoms with Gasteiger partial charge in [-0.05, 0) is 80.2 Å². The van der Waals surface area contributed by atoms with Crippen LogP contribution in [0.5, 0.6) is 5.75 Å². The lowest BCUT2D eigenvalue weighted by atomic mass is 9.85. The summed E-state index contributed by atoms with van der Waals surface area (Å²) in [5.74, 6) is 1.29. The maximum atomic E-state index is 13.3. The third-order valence-electron chi connectivity index (χ3n) is 8.80. The number of phenolic OH excluding ortho intramolecular Hbond substituents is 1. The molecule has 6 heteroatoms. The Morgan fingerprint density at radius 2 is 1.84 bits per heavy atom. The van der Waals surface area contributed by atoms with E-state index in [-0.39, 0.29) is 17.1 Å². The summed E-state index contributed by atoms with van der Waals surface area (Å²) in [6.45, 7) is 6.65. The first kappa shape index (κ1) is 26.9. The molecule has 3 aliphatic rings. The highest BCUT2D eigenvalue weighted by molar-refractivity contribution is 7.77. The zero-order valence-corrected chi connectivity index (χ0v) is 23.9. The lowest BCUT2D eigenvalue weighted by Crippen LogP contribution is -2.22. The monoisotopic (exact) mass is 531 g/mol. The van der Waals surface area contributed by atoms with Crippen LogP contribution in [0.4, 0.5) is 0 Å². The van der Waals surface area contributed by atoms with Crippen LogP contribution in [0.25, 0.3) is 27.9 Å². The van der Waals surface area contributed by atoms with Gasteiger partial charge in [0.15, 0.2) is 0 Å². The van der Waals surface area contributed by atoms with Crippen molar-refractivity contribution >= 4 is 35.2 Å². The number of nitrogens with zero attached hydrogens (tertiary/aromatic N) is 2. The van der Waals surface area contributed by atoms with Crippen LogP contribution in [-0.2, 0) is 11.3 Å². The molecule has 1 aromatic heterocycles. The Balaban J connectivity index is 0.000000689. The van der Waals surface area contributed by atoms with E-state index in [0.717, 1.165) is 23.1 Å². The molecule has 2 fully saturated rings. The molecule has 1 aliphatic heterocycles. The minimum Gasteiger partial charge on any atom is -0.508 e. The van der Waals surface area contributed by atoms with Gasteiger partial charge >= 0.3 is 0 Å². The van der Waals surface area contributed by atoms with Crippen molar-refractivity contribution in [1.82, 2.24) is 8.87 Å². The number of nitrogens with two attached hydrogens (primary N) is 1. The number of phenols is 1. The molecule has 3 N–H and O–H groups in total. The molecule has 0 spiro atoms. The summed E-state index contributed by atoms with van der Waals surface area (Å²) in [5, 5.41) is 11.7. The van der Waals surface area contributed by atoms with Gasteiger partial charge in [-0.2, -0.15) is 0 Å². The van der Waals surface area contributed by atoms with Crippen LogP contribution in [0.3, 0.4) is 0 Å². The highest BCUT2D eigenvalue weighted by Crippen LogP contribution is 2.66. The Kier molecular flexibility index (Phi) is 7.40. The van der Waals surface area contributed by atoms with Gasteiger partial charge in [-0.1, -0.05) is 64.1 Å². The Hall–Kier alpha value is -2.70. The van der Waals surface area contributed by atoms with Crippen molar-refractivity contribution in [2.24, 2.45) is 11.1 Å². The van der Waals surface area contributed by atoms with Crippen LogP contribution in [-0.4, -0.2) is 33.9 Å². The summed E-state index contributed by atoms with van der Waals surface area (Å²) in [5.41, 5.74) is 13.4. The molecule has 0 bridgehead atoms. The van der Waals surface area contributed by atoms with Crippen LogP contribution in [0.2, 0.25) is 0 Å². The Bertz CT molecular complexity index is 1380. The van der Waals surface area contributed by atoms with Crippen molar-refractivity contribution in [3.05, 3.63) is 59.7 Å². The summed E-state index contributed by atoms with van der Waals surface area (Å²) in [4.78, 5) is 13.3. The fourth-order valence-electron chi connectivity index (χ4n) is 6.98. The third-order valence-corrected chi connectivity index (χ3v) is 8.80. The van der Waals surface area contributed by atoms with Crippen LogP contribution in [0, 0.1) is 5.41 Å². The van der Waals surface area contributed by atoms with Crippen molar-refractivity contribution in [2.45, 2.75) is 76.7 Å². The highest BCUT2D eigenvalue weighted by Gasteiger charge is 2.61. The van der Waals surface area contributed by atoms with Gasteiger partial charge in [-0.25, -0.2) is 0 Å². The molecule has 2 saturated carbocycles. The topological polar surface area (TPSA) is 71.5 Å². The van der Waals surface area contributed by atoms with Gasteiger partial charge in [0.1, 0.15) is 11.5 Å². The Labute approximate surface area is 232 Å². The zero-order valence-electron chi connectivity index (χ0n) is 23.0. The number of rotatable bonds is 4. The first-order valence-corrected chi connectivity index (χ1v) is 14.4. The summed E-state index contributed by atoms with van der Waals surface area (Å²) in [6.07, 6.45) is 8.94. The molecule has 38 heavy (non-hydrogen) atoms. The van der Waals surface area contributed by atoms with Gasteiger partial charge in [-0.3, -0.25) is 9.10 Å². The number of thiol groups is 1. The predicted molar refractivity (Wildman–Crippen MR) is 160 cm³/mol. The van der Waals surface area contributed by atoms with Gasteiger partial charge in [0.2, 0.25) is 0 Å². The molecule has 0 amide bonds. The van der Waals surface area contributed by atoms with E-state index in [4.69, 9.17) is 5.73 Å². The van der Waals surface area contributed by atoms with Crippen molar-refractivity contribution in [3.8, 4) is 17.0 Å². The lowest BCUT2D eigenvalue weighted by molar-refractivity contribution is -0.124. The van der Waals surface area contributed by atoms with E-state index in [2.05, 4.69) is 48.2 Å². The van der Waals surface area contributed by atoms with E-state index in [9.17, 15) is 9.90 Å². The van der Waals surface area contributed by atoms with Gasteiger partial charge in [0, 0.05) is 41.0 Å². The third kappa shape index (κ3) is 4.66. The van der Waals surface area contributed by atoms with Crippen LogP contribution in [0.1, 0.15) is 86.8 Å². The molecular weight excluding hydrogens is 490 g/mol. The normalized spacial score (nSPS) is 22.4. The number of carbonyl (C=O) groups is 1. The number of ketones is 1. The fourth-order valence-corrected chi connectivity index (χ4v) is 6.98. The molecule has 0 saturated heterocycles. The van der Waals surface area contributed by atoms with E-state index in [1.54, 1.807) is 4.31 Å². The van der Waals surface area contributed by atoms with Crippen molar-refractivity contribution in [1.29, 1.82) is 0 Å². The number of fused-ring (bicyclic) bond motifs is 7. The SMILES string of the molecule is C=C(N)c1ccc2c(C3CCCCCC3)c3n(c2c1)CC1(C(=O)CC)CC1c1cc(O)ccc1-3.CN(C)S. The summed E-state index contributed by atoms with van der Waals surface area (Å²) in [6, 6.07) is 12.3. The lowest BCUT2D eigenvalue weighted by Gasteiger charge is -2.20. The van der Waals surface area contributed by atoms with Crippen molar-refractivity contribution < 1.29 is 9.90 Å². The maximum Gasteiger partial charge on any atom is 0.141 e. The molecule has 2 heterocycles. The summed E-state index contributed by atoms with van der Waals surface area (Å²) < 4.78 is 4.12. The van der Waals surface area contributed by atoms with Crippen LogP contribution < -0.4 is 5.73 Å². The van der Waals surface area contributed by atoms with E-state index >= 15 is 0 Å². The average molecular weight is 532 g/mol. The van der Waals surface area contributed by atoms with E-state index in [1.165, 1.54) is 60.7 Å². The first-order valence-electron chi connectivity index (χ1n) is 14.0. The molecule has 2 aliphatic carbocycles. The average Bonchev–Trinajstić information content (AvgIpc) is 3.61. The zero-order chi connectivity index (χ0) is 27.2. The second kappa shape index (κ2) is 10.5. The van der Waals surface area contributed by atoms with Gasteiger partial charge < -0.3 is 15.4 Å². The molecule has 6 rings (SSSR count). The standard InChI is InChI=1S/C30H34N2O2.C2H7NS/c1-3-27(34)30-16-25(30)24-15-21(33)11-13-22(24)29-28(19-8-6-4-5-7-9-19)23-12-10-20(18(2)31)14-26(23)32(29)17-30;1-3(2)4/h10-15,19,25,33H,2-9,16-17,31H2,1H3;4H,1-2H3. The maximum absolute atomic E-state index is 13.3. The van der Waals surface area contributed by atoms with Gasteiger partial charge in [0.25, 0.3) is 0 Å².